The highest BCUT2D eigenvalue weighted by Crippen LogP contribution is 2.09. The number of cyclic esters (lactones) is 1. The summed E-state index contributed by atoms with van der Waals surface area (Å²) in [4.78, 5) is 10.5. The van der Waals surface area contributed by atoms with Crippen LogP contribution < -0.4 is 0 Å². The van der Waals surface area contributed by atoms with E-state index in [2.05, 4.69) is 4.74 Å². The minimum Gasteiger partial charge on any atom is -0.491 e. The van der Waals surface area contributed by atoms with E-state index < -0.39 is 0 Å². The number of hydrogen-bond acceptors (Lipinski definition) is 3. The monoisotopic (exact) mass is 142 g/mol. The van der Waals surface area contributed by atoms with E-state index in [4.69, 9.17) is 4.74 Å². The van der Waals surface area contributed by atoms with Gasteiger partial charge in [-0.15, -0.1) is 0 Å². The summed E-state index contributed by atoms with van der Waals surface area (Å²) in [5, 5.41) is 0. The zero-order valence-corrected chi connectivity index (χ0v) is 6.09. The molecule has 0 atom stereocenters. The summed E-state index contributed by atoms with van der Waals surface area (Å²) in [6, 6.07) is 0. The minimum atomic E-state index is -0.310. The van der Waals surface area contributed by atoms with Crippen molar-refractivity contribution in [2.45, 2.75) is 20.0 Å². The quantitative estimate of drug-likeness (QED) is 0.536. The molecule has 0 saturated carbocycles. The molecule has 10 heavy (non-hydrogen) atoms. The van der Waals surface area contributed by atoms with Gasteiger partial charge >= 0.3 is 5.97 Å². The maximum atomic E-state index is 10.5. The second-order valence-electron chi connectivity index (χ2n) is 2.38. The molecule has 0 aliphatic carbocycles. The van der Waals surface area contributed by atoms with Gasteiger partial charge in [0, 0.05) is 0 Å². The van der Waals surface area contributed by atoms with Crippen LogP contribution in [0.3, 0.4) is 0 Å². The number of hydrogen-bond donors (Lipinski definition) is 0. The lowest BCUT2D eigenvalue weighted by Crippen LogP contribution is -2.03. The van der Waals surface area contributed by atoms with Crippen LogP contribution in [0.2, 0.25) is 0 Å². The summed E-state index contributed by atoms with van der Waals surface area (Å²) in [5.41, 5.74) is 0. The van der Waals surface area contributed by atoms with E-state index >= 15 is 0 Å². The molecule has 0 aromatic heterocycles. The second-order valence-corrected chi connectivity index (χ2v) is 2.38. The third kappa shape index (κ3) is 1.76. The Bertz CT molecular complexity index is 170. The van der Waals surface area contributed by atoms with Gasteiger partial charge in [-0.2, -0.15) is 0 Å². The third-order valence-corrected chi connectivity index (χ3v) is 1.02. The van der Waals surface area contributed by atoms with Crippen molar-refractivity contribution in [3.63, 3.8) is 0 Å². The largest absolute Gasteiger partial charge is 0.491 e. The maximum Gasteiger partial charge on any atom is 0.334 e. The molecule has 1 rings (SSSR count). The fourth-order valence-corrected chi connectivity index (χ4v) is 0.728. The van der Waals surface area contributed by atoms with Crippen LogP contribution in [-0.4, -0.2) is 18.7 Å². The molecule has 0 aromatic carbocycles. The van der Waals surface area contributed by atoms with Crippen LogP contribution >= 0.6 is 0 Å². The Morgan fingerprint density at radius 3 is 2.80 bits per heavy atom. The number of carbonyl (C=O) groups excluding carboxylic acids is 1. The Morgan fingerprint density at radius 2 is 2.40 bits per heavy atom. The molecule has 0 radical (unpaired) electrons. The summed E-state index contributed by atoms with van der Waals surface area (Å²) < 4.78 is 9.81. The van der Waals surface area contributed by atoms with Crippen LogP contribution in [0, 0.1) is 0 Å². The minimum absolute atomic E-state index is 0.112. The van der Waals surface area contributed by atoms with Gasteiger partial charge in [0.1, 0.15) is 12.4 Å². The first-order valence-corrected chi connectivity index (χ1v) is 3.22. The number of esters is 1. The van der Waals surface area contributed by atoms with Crippen LogP contribution in [0.25, 0.3) is 0 Å². The van der Waals surface area contributed by atoms with Crippen LogP contribution in [0.1, 0.15) is 13.8 Å². The normalized spacial score (nSPS) is 17.1. The van der Waals surface area contributed by atoms with E-state index in [9.17, 15) is 4.79 Å². The van der Waals surface area contributed by atoms with Crippen molar-refractivity contribution in [1.82, 2.24) is 0 Å². The van der Waals surface area contributed by atoms with Crippen molar-refractivity contribution < 1.29 is 14.3 Å². The van der Waals surface area contributed by atoms with E-state index in [-0.39, 0.29) is 18.7 Å². The molecule has 3 nitrogen and oxygen atoms in total. The van der Waals surface area contributed by atoms with Gasteiger partial charge in [0.2, 0.25) is 0 Å². The standard InChI is InChI=1S/C7H10O3/c1-5(2)10-6-3-7(8)9-4-6/h3,5H,4H2,1-2H3. The molecule has 56 valence electrons. The van der Waals surface area contributed by atoms with Crippen molar-refractivity contribution >= 4 is 5.97 Å². The first-order chi connectivity index (χ1) is 4.68. The van der Waals surface area contributed by atoms with Gasteiger partial charge < -0.3 is 9.47 Å². The molecule has 0 bridgehead atoms. The first-order valence-electron chi connectivity index (χ1n) is 3.22. The molecular weight excluding hydrogens is 132 g/mol. The molecule has 0 aromatic rings. The summed E-state index contributed by atoms with van der Waals surface area (Å²) in [6.07, 6.45) is 1.49. The van der Waals surface area contributed by atoms with E-state index in [0.29, 0.717) is 5.76 Å². The molecule has 0 amide bonds. The lowest BCUT2D eigenvalue weighted by atomic mass is 10.4. The van der Waals surface area contributed by atoms with Crippen molar-refractivity contribution in [3.05, 3.63) is 11.8 Å². The van der Waals surface area contributed by atoms with E-state index in [0.717, 1.165) is 0 Å². The lowest BCUT2D eigenvalue weighted by Gasteiger charge is -2.07. The predicted molar refractivity (Wildman–Crippen MR) is 35.3 cm³/mol. The highest BCUT2D eigenvalue weighted by molar-refractivity contribution is 5.84. The Hall–Kier alpha value is -0.990. The number of rotatable bonds is 2. The SMILES string of the molecule is CC(C)OC1=CC(=O)OC1. The molecular formula is C7H10O3. The molecule has 0 spiro atoms. The van der Waals surface area contributed by atoms with E-state index in [1.54, 1.807) is 0 Å². The van der Waals surface area contributed by atoms with Crippen molar-refractivity contribution in [1.29, 1.82) is 0 Å². The zero-order valence-electron chi connectivity index (χ0n) is 6.09. The number of ether oxygens (including phenoxy) is 2. The van der Waals surface area contributed by atoms with Crippen molar-refractivity contribution in [2.75, 3.05) is 6.61 Å². The van der Waals surface area contributed by atoms with Gasteiger partial charge in [-0.25, -0.2) is 4.79 Å². The van der Waals surface area contributed by atoms with Crippen LogP contribution in [0.15, 0.2) is 11.8 Å². The van der Waals surface area contributed by atoms with E-state index in [1.807, 2.05) is 13.8 Å². The third-order valence-electron chi connectivity index (χ3n) is 1.02. The van der Waals surface area contributed by atoms with E-state index in [1.165, 1.54) is 6.08 Å². The van der Waals surface area contributed by atoms with Crippen LogP contribution in [0.5, 0.6) is 0 Å². The highest BCUT2D eigenvalue weighted by Gasteiger charge is 2.14. The molecule has 0 saturated heterocycles. The Labute approximate surface area is 59.6 Å². The lowest BCUT2D eigenvalue weighted by molar-refractivity contribution is -0.135. The summed E-state index contributed by atoms with van der Waals surface area (Å²) in [7, 11) is 0. The van der Waals surface area contributed by atoms with Gasteiger partial charge in [0.25, 0.3) is 0 Å². The topological polar surface area (TPSA) is 35.5 Å². The first kappa shape index (κ1) is 7.12. The zero-order chi connectivity index (χ0) is 7.56. The average Bonchev–Trinajstić information content (AvgIpc) is 2.13. The van der Waals surface area contributed by atoms with Gasteiger partial charge in [-0.3, -0.25) is 0 Å². The molecule has 1 aliphatic rings. The summed E-state index contributed by atoms with van der Waals surface area (Å²) in [6.45, 7) is 4.10. The Balaban J connectivity index is 2.43. The second kappa shape index (κ2) is 2.73. The molecule has 0 fully saturated rings. The van der Waals surface area contributed by atoms with Crippen LogP contribution in [0.4, 0.5) is 0 Å². The Morgan fingerprint density at radius 1 is 1.70 bits per heavy atom. The van der Waals surface area contributed by atoms with Gasteiger partial charge in [-0.1, -0.05) is 0 Å². The summed E-state index contributed by atoms with van der Waals surface area (Å²) in [5.74, 6) is 0.315. The fraction of sp³-hybridized carbons (Fsp3) is 0.571. The van der Waals surface area contributed by atoms with Gasteiger partial charge in [0.05, 0.1) is 12.2 Å². The van der Waals surface area contributed by atoms with Crippen molar-refractivity contribution in [2.24, 2.45) is 0 Å². The Kier molecular flexibility index (Phi) is 1.94. The maximum absolute atomic E-state index is 10.5. The fourth-order valence-electron chi connectivity index (χ4n) is 0.728. The molecule has 0 N–H and O–H groups in total. The average molecular weight is 142 g/mol. The summed E-state index contributed by atoms with van der Waals surface area (Å²) >= 11 is 0. The van der Waals surface area contributed by atoms with Gasteiger partial charge in [0.15, 0.2) is 0 Å². The molecule has 0 unspecified atom stereocenters. The smallest absolute Gasteiger partial charge is 0.334 e. The molecule has 1 heterocycles. The molecule has 3 heteroatoms. The highest BCUT2D eigenvalue weighted by atomic mass is 16.6. The van der Waals surface area contributed by atoms with Crippen molar-refractivity contribution in [3.8, 4) is 0 Å². The molecule has 1 aliphatic heterocycles. The number of carbonyl (C=O) groups is 1. The van der Waals surface area contributed by atoms with Gasteiger partial charge in [-0.05, 0) is 13.8 Å². The predicted octanol–water partition coefficient (Wildman–Crippen LogP) is 0.852. The van der Waals surface area contributed by atoms with Crippen LogP contribution in [-0.2, 0) is 14.3 Å².